The molecule has 6 heteroatoms. The summed E-state index contributed by atoms with van der Waals surface area (Å²) in [5.41, 5.74) is 1.95. The molecule has 1 saturated carbocycles. The molecule has 0 amide bonds. The Hall–Kier alpha value is -1.24. The van der Waals surface area contributed by atoms with E-state index in [0.29, 0.717) is 23.9 Å². The van der Waals surface area contributed by atoms with Crippen LogP contribution in [-0.2, 0) is 10.0 Å². The van der Waals surface area contributed by atoms with Crippen molar-refractivity contribution in [2.75, 3.05) is 13.1 Å². The predicted molar refractivity (Wildman–Crippen MR) is 96.8 cm³/mol. The lowest BCUT2D eigenvalue weighted by Gasteiger charge is -2.19. The topological polar surface area (TPSA) is 50.3 Å². The van der Waals surface area contributed by atoms with Crippen molar-refractivity contribution in [3.63, 3.8) is 0 Å². The minimum Gasteiger partial charge on any atom is -0.241 e. The normalized spacial score (nSPS) is 20.0. The van der Waals surface area contributed by atoms with Crippen molar-refractivity contribution in [2.24, 2.45) is 0 Å². The van der Waals surface area contributed by atoms with Crippen LogP contribution >= 0.6 is 11.3 Å². The fourth-order valence-corrected chi connectivity index (χ4v) is 5.68. The molecule has 2 fully saturated rings. The van der Waals surface area contributed by atoms with Crippen LogP contribution in [0.1, 0.15) is 49.5 Å². The molecule has 4 rings (SSSR count). The summed E-state index contributed by atoms with van der Waals surface area (Å²) < 4.78 is 27.2. The Labute approximate surface area is 147 Å². The third kappa shape index (κ3) is 3.27. The molecule has 0 bridgehead atoms. The summed E-state index contributed by atoms with van der Waals surface area (Å²) in [6.07, 6.45) is 6.66. The van der Waals surface area contributed by atoms with Crippen molar-refractivity contribution >= 4 is 21.4 Å². The van der Waals surface area contributed by atoms with Crippen LogP contribution in [0.15, 0.2) is 34.5 Å². The molecule has 0 atom stereocenters. The quantitative estimate of drug-likeness (QED) is 0.817. The average Bonchev–Trinajstić information content (AvgIpc) is 3.38. The molecule has 24 heavy (non-hydrogen) atoms. The summed E-state index contributed by atoms with van der Waals surface area (Å²) in [6, 6.07) is 7.23. The Bertz CT molecular complexity index is 800. The van der Waals surface area contributed by atoms with Gasteiger partial charge >= 0.3 is 0 Å². The van der Waals surface area contributed by atoms with Crippen LogP contribution in [0, 0.1) is 0 Å². The van der Waals surface area contributed by atoms with Gasteiger partial charge in [-0.05, 0) is 37.8 Å². The van der Waals surface area contributed by atoms with Gasteiger partial charge in [-0.2, -0.15) is 4.31 Å². The zero-order valence-electron chi connectivity index (χ0n) is 13.6. The van der Waals surface area contributed by atoms with E-state index in [1.165, 1.54) is 17.8 Å². The first-order valence-electron chi connectivity index (χ1n) is 8.70. The molecule has 1 saturated heterocycles. The maximum Gasteiger partial charge on any atom is 0.243 e. The van der Waals surface area contributed by atoms with E-state index in [1.807, 2.05) is 12.1 Å². The highest BCUT2D eigenvalue weighted by atomic mass is 32.2. The van der Waals surface area contributed by atoms with Crippen LogP contribution in [0.25, 0.3) is 11.3 Å². The molecule has 0 N–H and O–H groups in total. The highest BCUT2D eigenvalue weighted by molar-refractivity contribution is 7.89. The molecule has 0 spiro atoms. The number of benzene rings is 1. The lowest BCUT2D eigenvalue weighted by atomic mass is 10.2. The number of nitrogens with zero attached hydrogens (tertiary/aromatic N) is 2. The largest absolute Gasteiger partial charge is 0.243 e. The molecule has 128 valence electrons. The zero-order valence-corrected chi connectivity index (χ0v) is 15.3. The summed E-state index contributed by atoms with van der Waals surface area (Å²) in [7, 11) is -3.37. The Morgan fingerprint density at radius 3 is 2.29 bits per heavy atom. The van der Waals surface area contributed by atoms with Crippen molar-refractivity contribution in [1.82, 2.24) is 9.29 Å². The van der Waals surface area contributed by atoms with E-state index >= 15 is 0 Å². The highest BCUT2D eigenvalue weighted by Crippen LogP contribution is 2.42. The molecule has 0 radical (unpaired) electrons. The molecular weight excluding hydrogens is 340 g/mol. The smallest absolute Gasteiger partial charge is 0.241 e. The first kappa shape index (κ1) is 16.2. The highest BCUT2D eigenvalue weighted by Gasteiger charge is 2.27. The van der Waals surface area contributed by atoms with Gasteiger partial charge in [0, 0.05) is 30.0 Å². The Morgan fingerprint density at radius 1 is 1.00 bits per heavy atom. The van der Waals surface area contributed by atoms with Gasteiger partial charge in [0.25, 0.3) is 0 Å². The molecule has 2 aliphatic rings. The summed E-state index contributed by atoms with van der Waals surface area (Å²) in [4.78, 5) is 5.09. The van der Waals surface area contributed by atoms with Crippen LogP contribution in [0.3, 0.4) is 0 Å². The SMILES string of the molecule is O=S(=O)(c1ccc(-c2csc(C3CC3)n2)cc1)N1CCCCCC1. The van der Waals surface area contributed by atoms with Gasteiger partial charge in [-0.15, -0.1) is 11.3 Å². The number of hydrogen-bond donors (Lipinski definition) is 0. The molecular formula is C18H22N2O2S2. The third-order valence-electron chi connectivity index (χ3n) is 4.80. The number of thiazole rings is 1. The van der Waals surface area contributed by atoms with Crippen LogP contribution in [0.4, 0.5) is 0 Å². The van der Waals surface area contributed by atoms with Crippen molar-refractivity contribution in [1.29, 1.82) is 0 Å². The summed E-state index contributed by atoms with van der Waals surface area (Å²) in [5, 5.41) is 3.29. The second-order valence-corrected chi connectivity index (χ2v) is 9.52. The monoisotopic (exact) mass is 362 g/mol. The van der Waals surface area contributed by atoms with Gasteiger partial charge in [-0.3, -0.25) is 0 Å². The summed E-state index contributed by atoms with van der Waals surface area (Å²) in [6.45, 7) is 1.28. The van der Waals surface area contributed by atoms with Gasteiger partial charge in [0.15, 0.2) is 0 Å². The second kappa shape index (κ2) is 6.58. The van der Waals surface area contributed by atoms with Gasteiger partial charge in [0.1, 0.15) is 0 Å². The first-order chi connectivity index (χ1) is 11.6. The van der Waals surface area contributed by atoms with Gasteiger partial charge in [-0.25, -0.2) is 13.4 Å². The van der Waals surface area contributed by atoms with Crippen LogP contribution in [0.2, 0.25) is 0 Å². The molecule has 1 aliphatic heterocycles. The lowest BCUT2D eigenvalue weighted by molar-refractivity contribution is 0.424. The van der Waals surface area contributed by atoms with Gasteiger partial charge in [0.05, 0.1) is 15.6 Å². The molecule has 1 aliphatic carbocycles. The van der Waals surface area contributed by atoms with E-state index in [2.05, 4.69) is 5.38 Å². The number of sulfonamides is 1. The maximum absolute atomic E-state index is 12.8. The Morgan fingerprint density at radius 2 is 1.67 bits per heavy atom. The zero-order chi connectivity index (χ0) is 16.6. The van der Waals surface area contributed by atoms with E-state index in [4.69, 9.17) is 4.98 Å². The first-order valence-corrected chi connectivity index (χ1v) is 11.0. The van der Waals surface area contributed by atoms with Crippen LogP contribution in [-0.4, -0.2) is 30.8 Å². The van der Waals surface area contributed by atoms with E-state index in [0.717, 1.165) is 36.9 Å². The molecule has 2 heterocycles. The third-order valence-corrected chi connectivity index (χ3v) is 7.72. The van der Waals surface area contributed by atoms with Crippen molar-refractivity contribution < 1.29 is 8.42 Å². The van der Waals surface area contributed by atoms with E-state index in [-0.39, 0.29) is 0 Å². The summed E-state index contributed by atoms with van der Waals surface area (Å²) >= 11 is 1.71. The van der Waals surface area contributed by atoms with Gasteiger partial charge < -0.3 is 0 Å². The average molecular weight is 363 g/mol. The number of rotatable bonds is 4. The molecule has 1 aromatic carbocycles. The van der Waals surface area contributed by atoms with Gasteiger partial charge in [-0.1, -0.05) is 25.0 Å². The second-order valence-electron chi connectivity index (χ2n) is 6.69. The number of aromatic nitrogens is 1. The predicted octanol–water partition coefficient (Wildman–Crippen LogP) is 4.25. The Balaban J connectivity index is 1.55. The number of hydrogen-bond acceptors (Lipinski definition) is 4. The molecule has 4 nitrogen and oxygen atoms in total. The van der Waals surface area contributed by atoms with Crippen LogP contribution in [0.5, 0.6) is 0 Å². The maximum atomic E-state index is 12.8. The van der Waals surface area contributed by atoms with Crippen molar-refractivity contribution in [3.8, 4) is 11.3 Å². The lowest BCUT2D eigenvalue weighted by Crippen LogP contribution is -2.31. The van der Waals surface area contributed by atoms with Crippen molar-refractivity contribution in [3.05, 3.63) is 34.7 Å². The van der Waals surface area contributed by atoms with E-state index in [1.54, 1.807) is 27.8 Å². The minimum absolute atomic E-state index is 0.394. The van der Waals surface area contributed by atoms with E-state index in [9.17, 15) is 8.42 Å². The van der Waals surface area contributed by atoms with Crippen LogP contribution < -0.4 is 0 Å². The molecule has 1 aromatic heterocycles. The fraction of sp³-hybridized carbons (Fsp3) is 0.500. The Kier molecular flexibility index (Phi) is 4.45. The van der Waals surface area contributed by atoms with E-state index < -0.39 is 10.0 Å². The minimum atomic E-state index is -3.37. The molecule has 2 aromatic rings. The molecule has 0 unspecified atom stereocenters. The summed E-state index contributed by atoms with van der Waals surface area (Å²) in [5.74, 6) is 0.659. The van der Waals surface area contributed by atoms with Gasteiger partial charge in [0.2, 0.25) is 10.0 Å². The standard InChI is InChI=1S/C18H22N2O2S2/c21-24(22,20-11-3-1-2-4-12-20)16-9-7-14(8-10-16)17-13-23-18(19-17)15-5-6-15/h7-10,13,15H,1-6,11-12H2. The van der Waals surface area contributed by atoms with Crippen molar-refractivity contribution in [2.45, 2.75) is 49.3 Å². The fourth-order valence-electron chi connectivity index (χ4n) is 3.17.